The molecule has 0 saturated heterocycles. The number of benzene rings is 1. The first-order chi connectivity index (χ1) is 7.58. The second-order valence-electron chi connectivity index (χ2n) is 3.42. The Labute approximate surface area is 101 Å². The van der Waals surface area contributed by atoms with Gasteiger partial charge in [-0.2, -0.15) is 0 Å². The second kappa shape index (κ2) is 4.17. The van der Waals surface area contributed by atoms with Gasteiger partial charge in [0.15, 0.2) is 0 Å². The predicted molar refractivity (Wildman–Crippen MR) is 64.3 cm³/mol. The summed E-state index contributed by atoms with van der Waals surface area (Å²) in [6, 6.07) is 6.39. The third-order valence-corrected chi connectivity index (χ3v) is 2.72. The smallest absolute Gasteiger partial charge is 0.149 e. The van der Waals surface area contributed by atoms with Crippen LogP contribution >= 0.6 is 15.9 Å². The van der Waals surface area contributed by atoms with Gasteiger partial charge in [-0.15, -0.1) is 10.2 Å². The molecular formula is C11H9BrFN3. The van der Waals surface area contributed by atoms with E-state index in [2.05, 4.69) is 26.1 Å². The van der Waals surface area contributed by atoms with E-state index in [1.54, 1.807) is 18.2 Å². The Bertz CT molecular complexity index is 543. The van der Waals surface area contributed by atoms with Crippen LogP contribution in [0, 0.1) is 12.7 Å². The molecule has 0 saturated carbocycles. The zero-order chi connectivity index (χ0) is 11.7. The molecule has 1 aromatic heterocycles. The second-order valence-corrected chi connectivity index (χ2v) is 4.34. The zero-order valence-corrected chi connectivity index (χ0v) is 10.1. The molecular weight excluding hydrogens is 273 g/mol. The van der Waals surface area contributed by atoms with E-state index in [4.69, 9.17) is 5.73 Å². The summed E-state index contributed by atoms with van der Waals surface area (Å²) in [5.41, 5.74) is 7.22. The molecule has 2 aromatic rings. The monoisotopic (exact) mass is 281 g/mol. The Morgan fingerprint density at radius 2 is 2.00 bits per heavy atom. The third kappa shape index (κ3) is 2.04. The van der Waals surface area contributed by atoms with E-state index in [0.29, 0.717) is 17.1 Å². The summed E-state index contributed by atoms with van der Waals surface area (Å²) in [7, 11) is 0. The van der Waals surface area contributed by atoms with Gasteiger partial charge in [-0.05, 0) is 36.8 Å². The summed E-state index contributed by atoms with van der Waals surface area (Å²) in [6.45, 7) is 1.81. The molecule has 1 aromatic carbocycles. The average Bonchev–Trinajstić information content (AvgIpc) is 2.26. The topological polar surface area (TPSA) is 51.8 Å². The largest absolute Gasteiger partial charge is 0.382 e. The number of anilines is 1. The lowest BCUT2D eigenvalue weighted by Gasteiger charge is -2.04. The van der Waals surface area contributed by atoms with E-state index in [-0.39, 0.29) is 5.82 Å². The van der Waals surface area contributed by atoms with Gasteiger partial charge in [0.05, 0.1) is 5.69 Å². The van der Waals surface area contributed by atoms with Gasteiger partial charge >= 0.3 is 0 Å². The highest BCUT2D eigenvalue weighted by Gasteiger charge is 2.09. The molecule has 0 bridgehead atoms. The molecule has 0 atom stereocenters. The van der Waals surface area contributed by atoms with Crippen molar-refractivity contribution in [2.75, 3.05) is 5.73 Å². The van der Waals surface area contributed by atoms with Gasteiger partial charge in [0.1, 0.15) is 11.6 Å². The van der Waals surface area contributed by atoms with E-state index in [1.807, 2.05) is 6.92 Å². The first-order valence-electron chi connectivity index (χ1n) is 4.63. The number of nitrogens with zero attached hydrogens (tertiary/aromatic N) is 2. The summed E-state index contributed by atoms with van der Waals surface area (Å²) >= 11 is 3.29. The molecule has 0 unspecified atom stereocenters. The number of aromatic nitrogens is 2. The molecule has 0 radical (unpaired) electrons. The van der Waals surface area contributed by atoms with Crippen LogP contribution in [0.15, 0.2) is 28.7 Å². The Kier molecular flexibility index (Phi) is 2.87. The SMILES string of the molecule is Cc1cc(-c2cc(Br)ccc2F)nnc1N. The average molecular weight is 282 g/mol. The fourth-order valence-electron chi connectivity index (χ4n) is 1.32. The highest BCUT2D eigenvalue weighted by Crippen LogP contribution is 2.25. The summed E-state index contributed by atoms with van der Waals surface area (Å²) in [5, 5.41) is 7.65. The Morgan fingerprint density at radius 1 is 1.25 bits per heavy atom. The standard InChI is InChI=1S/C11H9BrFN3/c1-6-4-10(15-16-11(6)14)8-5-7(12)2-3-9(8)13/h2-5H,1H3,(H2,14,16). The normalized spacial score (nSPS) is 10.4. The number of nitrogen functional groups attached to an aromatic ring is 1. The summed E-state index contributed by atoms with van der Waals surface area (Å²) in [4.78, 5) is 0. The van der Waals surface area contributed by atoms with Gasteiger partial charge in [0.25, 0.3) is 0 Å². The number of rotatable bonds is 1. The highest BCUT2D eigenvalue weighted by atomic mass is 79.9. The van der Waals surface area contributed by atoms with Gasteiger partial charge in [-0.1, -0.05) is 15.9 Å². The van der Waals surface area contributed by atoms with Crippen molar-refractivity contribution in [3.8, 4) is 11.3 Å². The van der Waals surface area contributed by atoms with E-state index < -0.39 is 0 Å². The minimum Gasteiger partial charge on any atom is -0.382 e. The van der Waals surface area contributed by atoms with Crippen LogP contribution in [0.1, 0.15) is 5.56 Å². The highest BCUT2D eigenvalue weighted by molar-refractivity contribution is 9.10. The molecule has 16 heavy (non-hydrogen) atoms. The minimum atomic E-state index is -0.332. The fourth-order valence-corrected chi connectivity index (χ4v) is 1.68. The van der Waals surface area contributed by atoms with Crippen LogP contribution in [0.2, 0.25) is 0 Å². The van der Waals surface area contributed by atoms with E-state index in [9.17, 15) is 4.39 Å². The maximum Gasteiger partial charge on any atom is 0.149 e. The van der Waals surface area contributed by atoms with Crippen molar-refractivity contribution in [2.45, 2.75) is 6.92 Å². The van der Waals surface area contributed by atoms with Crippen molar-refractivity contribution in [1.82, 2.24) is 10.2 Å². The Hall–Kier alpha value is -1.49. The first kappa shape index (κ1) is 11.0. The molecule has 0 aliphatic carbocycles. The molecule has 2 rings (SSSR count). The number of nitrogens with two attached hydrogens (primary N) is 1. The number of hydrogen-bond donors (Lipinski definition) is 1. The summed E-state index contributed by atoms with van der Waals surface area (Å²) < 4.78 is 14.4. The van der Waals surface area contributed by atoms with Crippen molar-refractivity contribution >= 4 is 21.7 Å². The van der Waals surface area contributed by atoms with Crippen molar-refractivity contribution in [2.24, 2.45) is 0 Å². The third-order valence-electron chi connectivity index (χ3n) is 2.23. The Balaban J connectivity index is 2.58. The van der Waals surface area contributed by atoms with Crippen molar-refractivity contribution < 1.29 is 4.39 Å². The Morgan fingerprint density at radius 3 is 2.69 bits per heavy atom. The van der Waals surface area contributed by atoms with Gasteiger partial charge in [0.2, 0.25) is 0 Å². The van der Waals surface area contributed by atoms with Crippen molar-refractivity contribution in [3.63, 3.8) is 0 Å². The number of halogens is 2. The van der Waals surface area contributed by atoms with E-state index in [1.165, 1.54) is 6.07 Å². The fraction of sp³-hybridized carbons (Fsp3) is 0.0909. The quantitative estimate of drug-likeness (QED) is 0.874. The molecule has 3 nitrogen and oxygen atoms in total. The molecule has 5 heteroatoms. The number of aryl methyl sites for hydroxylation is 1. The minimum absolute atomic E-state index is 0.332. The van der Waals surface area contributed by atoms with Gasteiger partial charge in [0, 0.05) is 10.0 Å². The number of hydrogen-bond acceptors (Lipinski definition) is 3. The molecule has 0 spiro atoms. The van der Waals surface area contributed by atoms with Crippen molar-refractivity contribution in [1.29, 1.82) is 0 Å². The molecule has 0 amide bonds. The zero-order valence-electron chi connectivity index (χ0n) is 8.54. The maximum atomic E-state index is 13.6. The molecule has 0 aliphatic heterocycles. The van der Waals surface area contributed by atoms with Crippen LogP contribution in [0.4, 0.5) is 10.2 Å². The lowest BCUT2D eigenvalue weighted by molar-refractivity contribution is 0.630. The predicted octanol–water partition coefficient (Wildman–Crippen LogP) is 2.94. The van der Waals surface area contributed by atoms with Gasteiger partial charge in [-0.3, -0.25) is 0 Å². The lowest BCUT2D eigenvalue weighted by atomic mass is 10.1. The van der Waals surface area contributed by atoms with Gasteiger partial charge in [-0.25, -0.2) is 4.39 Å². The lowest BCUT2D eigenvalue weighted by Crippen LogP contribution is -1.98. The molecule has 0 aliphatic rings. The van der Waals surface area contributed by atoms with Crippen LogP contribution in [-0.4, -0.2) is 10.2 Å². The van der Waals surface area contributed by atoms with Gasteiger partial charge < -0.3 is 5.73 Å². The van der Waals surface area contributed by atoms with Crippen LogP contribution in [0.25, 0.3) is 11.3 Å². The van der Waals surface area contributed by atoms with Crippen LogP contribution < -0.4 is 5.73 Å². The molecule has 0 fully saturated rings. The van der Waals surface area contributed by atoms with Crippen LogP contribution in [-0.2, 0) is 0 Å². The van der Waals surface area contributed by atoms with Crippen LogP contribution in [0.5, 0.6) is 0 Å². The maximum absolute atomic E-state index is 13.6. The molecule has 1 heterocycles. The first-order valence-corrected chi connectivity index (χ1v) is 5.42. The molecule has 2 N–H and O–H groups in total. The summed E-state index contributed by atoms with van der Waals surface area (Å²) in [6.07, 6.45) is 0. The van der Waals surface area contributed by atoms with Crippen LogP contribution in [0.3, 0.4) is 0 Å². The molecule has 82 valence electrons. The summed E-state index contributed by atoms with van der Waals surface area (Å²) in [5.74, 6) is 0.0285. The van der Waals surface area contributed by atoms with E-state index in [0.717, 1.165) is 10.0 Å². The van der Waals surface area contributed by atoms with Crippen molar-refractivity contribution in [3.05, 3.63) is 40.1 Å². The van der Waals surface area contributed by atoms with E-state index >= 15 is 0 Å².